The molecule has 0 heterocycles. The third-order valence-corrected chi connectivity index (χ3v) is 7.09. The third-order valence-electron chi connectivity index (χ3n) is 7.09. The zero-order valence-electron chi connectivity index (χ0n) is 14.5. The second kappa shape index (κ2) is 5.33. The molecule has 1 fully saturated rings. The van der Waals surface area contributed by atoms with Gasteiger partial charge in [-0.05, 0) is 50.9 Å². The molecule has 1 saturated carbocycles. The van der Waals surface area contributed by atoms with Crippen LogP contribution in [-0.2, 0) is 4.79 Å². The van der Waals surface area contributed by atoms with Gasteiger partial charge in [0.25, 0.3) is 0 Å². The van der Waals surface area contributed by atoms with Gasteiger partial charge in [-0.2, -0.15) is 0 Å². The van der Waals surface area contributed by atoms with Crippen LogP contribution in [0.25, 0.3) is 0 Å². The average Bonchev–Trinajstić information content (AvgIpc) is 2.47. The summed E-state index contributed by atoms with van der Waals surface area (Å²) in [4.78, 5) is 12.3. The number of allylic oxidation sites excluding steroid dienone is 3. The molecule has 5 atom stereocenters. The predicted octanol–water partition coefficient (Wildman–Crippen LogP) is 4.44. The number of carbonyl (C=O) groups is 1. The SMILES string of the molecule is CCC1C2CC=C3CC(O)CCC3(C)C2=CCC1(C)C(C)=O. The van der Waals surface area contributed by atoms with Crippen LogP contribution in [0.4, 0.5) is 0 Å². The first kappa shape index (κ1) is 16.0. The molecular weight excluding hydrogens is 272 g/mol. The first-order valence-electron chi connectivity index (χ1n) is 8.92. The molecule has 0 saturated heterocycles. The fourth-order valence-corrected chi connectivity index (χ4v) is 5.46. The summed E-state index contributed by atoms with van der Waals surface area (Å²) in [6.45, 7) is 8.54. The Hall–Kier alpha value is -0.890. The number of rotatable bonds is 2. The van der Waals surface area contributed by atoms with Gasteiger partial charge >= 0.3 is 0 Å². The maximum Gasteiger partial charge on any atom is 0.136 e. The number of aliphatic hydroxyl groups is 1. The molecule has 0 aromatic rings. The van der Waals surface area contributed by atoms with E-state index in [9.17, 15) is 9.90 Å². The van der Waals surface area contributed by atoms with Gasteiger partial charge < -0.3 is 5.11 Å². The molecule has 1 N–H and O–H groups in total. The molecule has 3 aliphatic carbocycles. The Kier molecular flexibility index (Phi) is 3.87. The van der Waals surface area contributed by atoms with E-state index in [0.29, 0.717) is 17.6 Å². The number of Topliss-reactive ketones (excluding diaryl/α,β-unsaturated/α-hetero) is 1. The van der Waals surface area contributed by atoms with Gasteiger partial charge in [0.05, 0.1) is 6.10 Å². The summed E-state index contributed by atoms with van der Waals surface area (Å²) >= 11 is 0. The lowest BCUT2D eigenvalue weighted by Crippen LogP contribution is -2.47. The number of carbonyl (C=O) groups excluding carboxylic acids is 1. The summed E-state index contributed by atoms with van der Waals surface area (Å²) in [7, 11) is 0. The summed E-state index contributed by atoms with van der Waals surface area (Å²) in [6.07, 6.45) is 10.4. The highest BCUT2D eigenvalue weighted by molar-refractivity contribution is 5.83. The first-order chi connectivity index (χ1) is 10.3. The van der Waals surface area contributed by atoms with E-state index in [2.05, 4.69) is 32.9 Å². The summed E-state index contributed by atoms with van der Waals surface area (Å²) in [6, 6.07) is 0. The van der Waals surface area contributed by atoms with Crippen molar-refractivity contribution < 1.29 is 9.90 Å². The topological polar surface area (TPSA) is 37.3 Å². The van der Waals surface area contributed by atoms with Crippen molar-refractivity contribution in [2.45, 2.75) is 72.3 Å². The standard InChI is InChI=1S/C20H30O2/c1-5-17-16-7-6-14-12-15(22)8-10-20(14,4)18(16)9-11-19(17,3)13(2)21/h6,9,15-17,22H,5,7-8,10-12H2,1-4H3. The van der Waals surface area contributed by atoms with Crippen molar-refractivity contribution in [3.05, 3.63) is 23.3 Å². The number of hydrogen-bond acceptors (Lipinski definition) is 2. The fourth-order valence-electron chi connectivity index (χ4n) is 5.46. The second-order valence-electron chi connectivity index (χ2n) is 8.15. The van der Waals surface area contributed by atoms with Crippen LogP contribution in [0.3, 0.4) is 0 Å². The number of aliphatic hydroxyl groups excluding tert-OH is 1. The number of ketones is 1. The predicted molar refractivity (Wildman–Crippen MR) is 89.4 cm³/mol. The number of fused-ring (bicyclic) bond motifs is 3. The highest BCUT2D eigenvalue weighted by Gasteiger charge is 2.51. The molecule has 0 bridgehead atoms. The Balaban J connectivity index is 2.02. The highest BCUT2D eigenvalue weighted by atomic mass is 16.3. The van der Waals surface area contributed by atoms with Gasteiger partial charge in [0.2, 0.25) is 0 Å². The molecule has 0 aromatic heterocycles. The molecule has 0 amide bonds. The average molecular weight is 302 g/mol. The van der Waals surface area contributed by atoms with E-state index in [0.717, 1.165) is 38.5 Å². The van der Waals surface area contributed by atoms with E-state index in [1.54, 1.807) is 12.5 Å². The molecule has 122 valence electrons. The molecule has 3 aliphatic rings. The molecule has 0 aromatic carbocycles. The van der Waals surface area contributed by atoms with E-state index >= 15 is 0 Å². The zero-order valence-corrected chi connectivity index (χ0v) is 14.5. The summed E-state index contributed by atoms with van der Waals surface area (Å²) < 4.78 is 0. The van der Waals surface area contributed by atoms with Crippen LogP contribution in [0.5, 0.6) is 0 Å². The Labute approximate surface area is 134 Å². The van der Waals surface area contributed by atoms with Gasteiger partial charge in [0, 0.05) is 10.8 Å². The maximum absolute atomic E-state index is 12.3. The van der Waals surface area contributed by atoms with Crippen molar-refractivity contribution >= 4 is 5.78 Å². The van der Waals surface area contributed by atoms with Crippen LogP contribution < -0.4 is 0 Å². The van der Waals surface area contributed by atoms with Gasteiger partial charge in [-0.25, -0.2) is 0 Å². The minimum Gasteiger partial charge on any atom is -0.393 e. The Bertz CT molecular complexity index is 544. The van der Waals surface area contributed by atoms with Crippen LogP contribution >= 0.6 is 0 Å². The minimum atomic E-state index is -0.196. The fraction of sp³-hybridized carbons (Fsp3) is 0.750. The van der Waals surface area contributed by atoms with Crippen molar-refractivity contribution in [1.82, 2.24) is 0 Å². The smallest absolute Gasteiger partial charge is 0.136 e. The summed E-state index contributed by atoms with van der Waals surface area (Å²) in [5, 5.41) is 10.0. The quantitative estimate of drug-likeness (QED) is 0.766. The van der Waals surface area contributed by atoms with Crippen molar-refractivity contribution in [3.63, 3.8) is 0 Å². The van der Waals surface area contributed by atoms with Gasteiger partial charge in [-0.3, -0.25) is 4.79 Å². The molecule has 0 spiro atoms. The molecule has 0 radical (unpaired) electrons. The maximum atomic E-state index is 12.3. The van der Waals surface area contributed by atoms with Crippen molar-refractivity contribution in [2.75, 3.05) is 0 Å². The van der Waals surface area contributed by atoms with Crippen molar-refractivity contribution in [2.24, 2.45) is 22.7 Å². The van der Waals surface area contributed by atoms with Crippen LogP contribution in [-0.4, -0.2) is 17.0 Å². The lowest BCUT2D eigenvalue weighted by molar-refractivity contribution is -0.130. The Morgan fingerprint density at radius 3 is 2.73 bits per heavy atom. The summed E-state index contributed by atoms with van der Waals surface area (Å²) in [5.41, 5.74) is 2.95. The monoisotopic (exact) mass is 302 g/mol. The zero-order chi connectivity index (χ0) is 16.1. The lowest BCUT2D eigenvalue weighted by Gasteiger charge is -2.53. The van der Waals surface area contributed by atoms with Gasteiger partial charge in [0.1, 0.15) is 5.78 Å². The molecule has 22 heavy (non-hydrogen) atoms. The summed E-state index contributed by atoms with van der Waals surface area (Å²) in [5.74, 6) is 1.30. The van der Waals surface area contributed by atoms with Gasteiger partial charge in [-0.15, -0.1) is 0 Å². The molecule has 2 nitrogen and oxygen atoms in total. The van der Waals surface area contributed by atoms with Crippen molar-refractivity contribution in [1.29, 1.82) is 0 Å². The van der Waals surface area contributed by atoms with E-state index in [1.807, 2.05) is 0 Å². The molecular formula is C20H30O2. The third kappa shape index (κ3) is 2.14. The number of hydrogen-bond donors (Lipinski definition) is 1. The first-order valence-corrected chi connectivity index (χ1v) is 8.92. The van der Waals surface area contributed by atoms with Crippen LogP contribution in [0.1, 0.15) is 66.2 Å². The highest BCUT2D eigenvalue weighted by Crippen LogP contribution is 2.59. The Morgan fingerprint density at radius 2 is 2.09 bits per heavy atom. The van der Waals surface area contributed by atoms with E-state index in [1.165, 1.54) is 5.57 Å². The molecule has 3 rings (SSSR count). The molecule has 0 aliphatic heterocycles. The van der Waals surface area contributed by atoms with Crippen molar-refractivity contribution in [3.8, 4) is 0 Å². The van der Waals surface area contributed by atoms with E-state index < -0.39 is 0 Å². The molecule has 2 heteroatoms. The Morgan fingerprint density at radius 1 is 1.36 bits per heavy atom. The second-order valence-corrected chi connectivity index (χ2v) is 8.15. The van der Waals surface area contributed by atoms with Crippen LogP contribution in [0.2, 0.25) is 0 Å². The van der Waals surface area contributed by atoms with Gasteiger partial charge in [-0.1, -0.05) is 50.5 Å². The lowest BCUT2D eigenvalue weighted by atomic mass is 9.51. The largest absolute Gasteiger partial charge is 0.393 e. The van der Waals surface area contributed by atoms with E-state index in [4.69, 9.17) is 0 Å². The molecule has 5 unspecified atom stereocenters. The normalized spacial score (nSPS) is 44.5. The van der Waals surface area contributed by atoms with Crippen LogP contribution in [0.15, 0.2) is 23.3 Å². The van der Waals surface area contributed by atoms with Gasteiger partial charge in [0.15, 0.2) is 0 Å². The van der Waals surface area contributed by atoms with Crippen LogP contribution in [0, 0.1) is 22.7 Å². The minimum absolute atomic E-state index is 0.133. The van der Waals surface area contributed by atoms with E-state index in [-0.39, 0.29) is 16.9 Å².